The van der Waals surface area contributed by atoms with Crippen molar-refractivity contribution in [1.29, 1.82) is 0 Å². The molecule has 1 aromatic heterocycles. The van der Waals surface area contributed by atoms with Crippen molar-refractivity contribution in [2.75, 3.05) is 6.54 Å². The molecule has 0 spiro atoms. The van der Waals surface area contributed by atoms with E-state index in [1.807, 2.05) is 29.1 Å². The van der Waals surface area contributed by atoms with Gasteiger partial charge < -0.3 is 5.32 Å². The van der Waals surface area contributed by atoms with Gasteiger partial charge in [0, 0.05) is 18.3 Å². The van der Waals surface area contributed by atoms with E-state index in [4.69, 9.17) is 0 Å². The summed E-state index contributed by atoms with van der Waals surface area (Å²) in [5.41, 5.74) is 2.36. The van der Waals surface area contributed by atoms with Crippen LogP contribution in [0, 0.1) is 5.92 Å². The maximum atomic E-state index is 4.39. The average Bonchev–Trinajstić information content (AvgIpc) is 3.12. The molecule has 2 aromatic rings. The third-order valence-corrected chi connectivity index (χ3v) is 3.41. The molecule has 1 heterocycles. The van der Waals surface area contributed by atoms with Gasteiger partial charge in [0.15, 0.2) is 0 Å². The summed E-state index contributed by atoms with van der Waals surface area (Å²) < 4.78 is 1.93. The van der Waals surface area contributed by atoms with Crippen molar-refractivity contribution < 1.29 is 0 Å². The molecule has 1 N–H and O–H groups in total. The van der Waals surface area contributed by atoms with Gasteiger partial charge in [-0.1, -0.05) is 31.0 Å². The maximum absolute atomic E-state index is 4.39. The van der Waals surface area contributed by atoms with Crippen molar-refractivity contribution in [2.45, 2.75) is 25.8 Å². The minimum atomic E-state index is 0.916. The molecule has 0 unspecified atom stereocenters. The summed E-state index contributed by atoms with van der Waals surface area (Å²) in [7, 11) is 0. The number of benzene rings is 1. The lowest BCUT2D eigenvalue weighted by molar-refractivity contribution is 0.613. The van der Waals surface area contributed by atoms with E-state index in [2.05, 4.69) is 28.7 Å². The second-order valence-corrected chi connectivity index (χ2v) is 5.04. The Morgan fingerprint density at radius 1 is 1.22 bits per heavy atom. The van der Waals surface area contributed by atoms with E-state index < -0.39 is 0 Å². The van der Waals surface area contributed by atoms with Crippen LogP contribution in [0.5, 0.6) is 0 Å². The van der Waals surface area contributed by atoms with Gasteiger partial charge in [-0.15, -0.1) is 0 Å². The predicted octanol–water partition coefficient (Wildman–Crippen LogP) is 2.76. The first kappa shape index (κ1) is 11.5. The molecular weight excluding hydrogens is 222 g/mol. The zero-order chi connectivity index (χ0) is 12.2. The Morgan fingerprint density at radius 2 is 2.06 bits per heavy atom. The van der Waals surface area contributed by atoms with Crippen LogP contribution in [0.1, 0.15) is 24.8 Å². The third kappa shape index (κ3) is 2.99. The summed E-state index contributed by atoms with van der Waals surface area (Å²) in [5.74, 6) is 1.00. The topological polar surface area (TPSA) is 29.9 Å². The Morgan fingerprint density at radius 3 is 2.83 bits per heavy atom. The fourth-order valence-electron chi connectivity index (χ4n) is 2.12. The van der Waals surface area contributed by atoms with Gasteiger partial charge in [-0.25, -0.2) is 4.68 Å². The number of nitrogens with zero attached hydrogens (tertiary/aromatic N) is 2. The van der Waals surface area contributed by atoms with Crippen molar-refractivity contribution >= 4 is 0 Å². The fourth-order valence-corrected chi connectivity index (χ4v) is 2.12. The van der Waals surface area contributed by atoms with Crippen molar-refractivity contribution in [3.63, 3.8) is 0 Å². The first-order valence-corrected chi connectivity index (χ1v) is 6.71. The number of hydrogen-bond donors (Lipinski definition) is 1. The number of hydrogen-bond acceptors (Lipinski definition) is 2. The maximum Gasteiger partial charge on any atom is 0.0645 e. The molecule has 0 amide bonds. The predicted molar refractivity (Wildman–Crippen MR) is 72.6 cm³/mol. The van der Waals surface area contributed by atoms with E-state index in [0.29, 0.717) is 0 Å². The molecule has 3 nitrogen and oxygen atoms in total. The van der Waals surface area contributed by atoms with Gasteiger partial charge in [-0.3, -0.25) is 0 Å². The molecule has 18 heavy (non-hydrogen) atoms. The standard InChI is InChI=1S/C15H19N3/c1-2-4-15(5-3-1)18-12-14(11-17-18)10-16-9-8-13-6-7-13/h1-5,11-13,16H,6-10H2. The highest BCUT2D eigenvalue weighted by Gasteiger charge is 2.19. The van der Waals surface area contributed by atoms with Crippen molar-refractivity contribution in [2.24, 2.45) is 5.92 Å². The van der Waals surface area contributed by atoms with E-state index in [1.165, 1.54) is 24.8 Å². The molecule has 0 bridgehead atoms. The molecule has 0 radical (unpaired) electrons. The lowest BCUT2D eigenvalue weighted by Gasteiger charge is -2.01. The summed E-state index contributed by atoms with van der Waals surface area (Å²) in [6, 6.07) is 10.2. The lowest BCUT2D eigenvalue weighted by Crippen LogP contribution is -2.14. The van der Waals surface area contributed by atoms with Crippen LogP contribution in [0.2, 0.25) is 0 Å². The van der Waals surface area contributed by atoms with Crippen LogP contribution in [-0.2, 0) is 6.54 Å². The van der Waals surface area contributed by atoms with Crippen molar-refractivity contribution in [3.05, 3.63) is 48.3 Å². The molecule has 0 saturated heterocycles. The molecule has 1 aliphatic rings. The van der Waals surface area contributed by atoms with Crippen LogP contribution >= 0.6 is 0 Å². The van der Waals surface area contributed by atoms with E-state index >= 15 is 0 Å². The Balaban J connectivity index is 1.52. The molecule has 3 heteroatoms. The quantitative estimate of drug-likeness (QED) is 0.788. The molecule has 1 aliphatic carbocycles. The lowest BCUT2D eigenvalue weighted by atomic mass is 10.3. The van der Waals surface area contributed by atoms with Gasteiger partial charge in [-0.2, -0.15) is 5.10 Å². The molecule has 1 saturated carbocycles. The molecule has 0 aliphatic heterocycles. The number of rotatable bonds is 6. The summed E-state index contributed by atoms with van der Waals surface area (Å²) in [6.45, 7) is 2.04. The number of para-hydroxylation sites is 1. The van der Waals surface area contributed by atoms with E-state index in [-0.39, 0.29) is 0 Å². The Hall–Kier alpha value is -1.61. The van der Waals surface area contributed by atoms with Gasteiger partial charge in [0.2, 0.25) is 0 Å². The summed E-state index contributed by atoms with van der Waals surface area (Å²) in [4.78, 5) is 0. The van der Waals surface area contributed by atoms with E-state index in [0.717, 1.165) is 24.7 Å². The third-order valence-electron chi connectivity index (χ3n) is 3.41. The van der Waals surface area contributed by atoms with Crippen LogP contribution in [0.25, 0.3) is 5.69 Å². The average molecular weight is 241 g/mol. The van der Waals surface area contributed by atoms with Gasteiger partial charge in [0.1, 0.15) is 0 Å². The summed E-state index contributed by atoms with van der Waals surface area (Å²) in [5, 5.41) is 7.87. The van der Waals surface area contributed by atoms with Crippen LogP contribution in [0.4, 0.5) is 0 Å². The fraction of sp³-hybridized carbons (Fsp3) is 0.400. The largest absolute Gasteiger partial charge is 0.313 e. The molecule has 3 rings (SSSR count). The Labute approximate surface area is 108 Å². The highest BCUT2D eigenvalue weighted by Crippen LogP contribution is 2.31. The Kier molecular flexibility index (Phi) is 3.42. The smallest absolute Gasteiger partial charge is 0.0645 e. The van der Waals surface area contributed by atoms with Gasteiger partial charge in [0.05, 0.1) is 11.9 Å². The summed E-state index contributed by atoms with van der Waals surface area (Å²) >= 11 is 0. The highest BCUT2D eigenvalue weighted by molar-refractivity contribution is 5.30. The molecule has 1 aromatic carbocycles. The molecule has 1 fully saturated rings. The zero-order valence-electron chi connectivity index (χ0n) is 10.5. The van der Waals surface area contributed by atoms with Gasteiger partial charge in [0.25, 0.3) is 0 Å². The van der Waals surface area contributed by atoms with Crippen LogP contribution in [0.15, 0.2) is 42.7 Å². The normalized spacial score (nSPS) is 14.9. The monoisotopic (exact) mass is 241 g/mol. The minimum Gasteiger partial charge on any atom is -0.313 e. The highest BCUT2D eigenvalue weighted by atomic mass is 15.3. The molecule has 94 valence electrons. The van der Waals surface area contributed by atoms with Crippen molar-refractivity contribution in [1.82, 2.24) is 15.1 Å². The molecular formula is C15H19N3. The van der Waals surface area contributed by atoms with Crippen molar-refractivity contribution in [3.8, 4) is 5.69 Å². The van der Waals surface area contributed by atoms with Gasteiger partial charge >= 0.3 is 0 Å². The summed E-state index contributed by atoms with van der Waals surface area (Å²) in [6.07, 6.45) is 8.24. The SMILES string of the molecule is c1ccc(-n2cc(CNCCC3CC3)cn2)cc1. The van der Waals surface area contributed by atoms with E-state index in [1.54, 1.807) is 0 Å². The van der Waals surface area contributed by atoms with Crippen LogP contribution in [-0.4, -0.2) is 16.3 Å². The van der Waals surface area contributed by atoms with Crippen LogP contribution in [0.3, 0.4) is 0 Å². The minimum absolute atomic E-state index is 0.916. The first-order chi connectivity index (χ1) is 8.92. The van der Waals surface area contributed by atoms with Crippen LogP contribution < -0.4 is 5.32 Å². The second-order valence-electron chi connectivity index (χ2n) is 5.04. The second kappa shape index (κ2) is 5.36. The van der Waals surface area contributed by atoms with E-state index in [9.17, 15) is 0 Å². The number of aromatic nitrogens is 2. The van der Waals surface area contributed by atoms with Gasteiger partial charge in [-0.05, 0) is 31.0 Å². The molecule has 0 atom stereocenters. The number of nitrogens with one attached hydrogen (secondary N) is 1. The zero-order valence-corrected chi connectivity index (χ0v) is 10.5. The Bertz CT molecular complexity index is 485. The first-order valence-electron chi connectivity index (χ1n) is 6.71.